The number of rotatable bonds is 3. The number of aromatic nitrogens is 1. The Bertz CT molecular complexity index is 529. The van der Waals surface area contributed by atoms with Gasteiger partial charge in [0.05, 0.1) is 7.11 Å². The molecule has 0 aliphatic carbocycles. The molecule has 0 aliphatic heterocycles. The Morgan fingerprint density at radius 1 is 1.35 bits per heavy atom. The Morgan fingerprint density at radius 3 is 2.76 bits per heavy atom. The van der Waals surface area contributed by atoms with Gasteiger partial charge in [-0.1, -0.05) is 34.1 Å². The van der Waals surface area contributed by atoms with Gasteiger partial charge in [0.2, 0.25) is 5.88 Å². The molecular formula is C13H13BrN2O. The summed E-state index contributed by atoms with van der Waals surface area (Å²) in [6, 6.07) is 10.0. The van der Waals surface area contributed by atoms with Crippen LogP contribution in [0.1, 0.15) is 5.56 Å². The maximum atomic E-state index is 5.68. The average molecular weight is 293 g/mol. The molecule has 0 saturated carbocycles. The lowest BCUT2D eigenvalue weighted by Crippen LogP contribution is -2.02. The van der Waals surface area contributed by atoms with E-state index in [9.17, 15) is 0 Å². The Hall–Kier alpha value is -1.39. The number of ether oxygens (including phenoxy) is 1. The molecular weight excluding hydrogens is 280 g/mol. The molecule has 1 aromatic carbocycles. The van der Waals surface area contributed by atoms with E-state index < -0.39 is 0 Å². The maximum Gasteiger partial charge on any atom is 0.217 e. The van der Waals surface area contributed by atoms with Gasteiger partial charge < -0.3 is 10.5 Å². The molecule has 0 radical (unpaired) electrons. The lowest BCUT2D eigenvalue weighted by atomic mass is 10.1. The second-order valence-corrected chi connectivity index (χ2v) is 4.43. The van der Waals surface area contributed by atoms with E-state index in [-0.39, 0.29) is 0 Å². The van der Waals surface area contributed by atoms with Crippen molar-refractivity contribution in [2.45, 2.75) is 6.54 Å². The third-order valence-corrected chi connectivity index (χ3v) is 3.21. The molecule has 1 heterocycles. The van der Waals surface area contributed by atoms with E-state index in [2.05, 4.69) is 20.9 Å². The summed E-state index contributed by atoms with van der Waals surface area (Å²) in [5.74, 6) is 0.586. The first-order chi connectivity index (χ1) is 8.26. The minimum atomic E-state index is 0.411. The molecule has 2 aromatic rings. The molecule has 3 nitrogen and oxygen atoms in total. The van der Waals surface area contributed by atoms with Crippen LogP contribution in [0.25, 0.3) is 11.1 Å². The van der Waals surface area contributed by atoms with Gasteiger partial charge in [0.1, 0.15) is 0 Å². The standard InChI is InChI=1S/C13H13BrN2O/c1-17-13-9(7-15)6-10(8-16-13)11-4-2-3-5-12(11)14/h2-6,8H,7,15H2,1H3. The molecule has 0 saturated heterocycles. The quantitative estimate of drug-likeness (QED) is 0.946. The predicted molar refractivity (Wildman–Crippen MR) is 71.8 cm³/mol. The van der Waals surface area contributed by atoms with Gasteiger partial charge in [-0.2, -0.15) is 0 Å². The molecule has 88 valence electrons. The molecule has 17 heavy (non-hydrogen) atoms. The molecule has 0 aliphatic rings. The number of benzene rings is 1. The second-order valence-electron chi connectivity index (χ2n) is 3.58. The van der Waals surface area contributed by atoms with E-state index in [1.165, 1.54) is 0 Å². The summed E-state index contributed by atoms with van der Waals surface area (Å²) in [4.78, 5) is 4.26. The van der Waals surface area contributed by atoms with Crippen LogP contribution in [-0.4, -0.2) is 12.1 Å². The molecule has 0 spiro atoms. The summed E-state index contributed by atoms with van der Waals surface area (Å²) in [5, 5.41) is 0. The SMILES string of the molecule is COc1ncc(-c2ccccc2Br)cc1CN. The summed E-state index contributed by atoms with van der Waals surface area (Å²) in [6.07, 6.45) is 1.79. The lowest BCUT2D eigenvalue weighted by Gasteiger charge is -2.09. The van der Waals surface area contributed by atoms with Crippen LogP contribution in [0.15, 0.2) is 41.0 Å². The first-order valence-corrected chi connectivity index (χ1v) is 6.03. The summed E-state index contributed by atoms with van der Waals surface area (Å²) < 4.78 is 6.19. The molecule has 0 bridgehead atoms. The largest absolute Gasteiger partial charge is 0.481 e. The normalized spacial score (nSPS) is 10.3. The topological polar surface area (TPSA) is 48.1 Å². The van der Waals surface area contributed by atoms with Crippen LogP contribution >= 0.6 is 15.9 Å². The molecule has 0 atom stereocenters. The minimum absolute atomic E-state index is 0.411. The number of nitrogens with two attached hydrogens (primary N) is 1. The molecule has 4 heteroatoms. The number of pyridine rings is 1. The van der Waals surface area contributed by atoms with Crippen molar-refractivity contribution in [3.05, 3.63) is 46.6 Å². The summed E-state index contributed by atoms with van der Waals surface area (Å²) in [6.45, 7) is 0.411. The van der Waals surface area contributed by atoms with E-state index in [1.54, 1.807) is 13.3 Å². The van der Waals surface area contributed by atoms with Gasteiger partial charge in [0.15, 0.2) is 0 Å². The van der Waals surface area contributed by atoms with Gasteiger partial charge in [-0.25, -0.2) is 4.98 Å². The Kier molecular flexibility index (Phi) is 3.76. The van der Waals surface area contributed by atoms with Crippen LogP contribution in [0, 0.1) is 0 Å². The molecule has 1 aromatic heterocycles. The fourth-order valence-electron chi connectivity index (χ4n) is 1.67. The molecule has 0 unspecified atom stereocenters. The molecule has 2 rings (SSSR count). The fraction of sp³-hybridized carbons (Fsp3) is 0.154. The smallest absolute Gasteiger partial charge is 0.217 e. The number of hydrogen-bond acceptors (Lipinski definition) is 3. The third-order valence-electron chi connectivity index (χ3n) is 2.52. The van der Waals surface area contributed by atoms with Crippen LogP contribution in [0.4, 0.5) is 0 Å². The predicted octanol–water partition coefficient (Wildman–Crippen LogP) is 2.98. The highest BCUT2D eigenvalue weighted by molar-refractivity contribution is 9.10. The number of methoxy groups -OCH3 is 1. The van der Waals surface area contributed by atoms with Crippen molar-refractivity contribution in [2.75, 3.05) is 7.11 Å². The van der Waals surface area contributed by atoms with Crippen molar-refractivity contribution in [2.24, 2.45) is 5.73 Å². The number of nitrogens with zero attached hydrogens (tertiary/aromatic N) is 1. The van der Waals surface area contributed by atoms with Gasteiger partial charge in [0.25, 0.3) is 0 Å². The Balaban J connectivity index is 2.50. The van der Waals surface area contributed by atoms with Crippen LogP contribution in [-0.2, 0) is 6.54 Å². The van der Waals surface area contributed by atoms with Crippen molar-refractivity contribution in [3.8, 4) is 17.0 Å². The number of hydrogen-bond donors (Lipinski definition) is 1. The molecule has 2 N–H and O–H groups in total. The zero-order valence-corrected chi connectivity index (χ0v) is 11.1. The van der Waals surface area contributed by atoms with E-state index in [4.69, 9.17) is 10.5 Å². The van der Waals surface area contributed by atoms with Gasteiger partial charge in [-0.05, 0) is 17.7 Å². The molecule has 0 fully saturated rings. The second kappa shape index (κ2) is 5.29. The highest BCUT2D eigenvalue weighted by Crippen LogP contribution is 2.29. The van der Waals surface area contributed by atoms with Crippen molar-refractivity contribution >= 4 is 15.9 Å². The summed E-state index contributed by atoms with van der Waals surface area (Å²) in [7, 11) is 1.60. The van der Waals surface area contributed by atoms with Crippen LogP contribution in [0.3, 0.4) is 0 Å². The van der Waals surface area contributed by atoms with Crippen LogP contribution < -0.4 is 10.5 Å². The van der Waals surface area contributed by atoms with Gasteiger partial charge >= 0.3 is 0 Å². The first-order valence-electron chi connectivity index (χ1n) is 5.24. The maximum absolute atomic E-state index is 5.68. The summed E-state index contributed by atoms with van der Waals surface area (Å²) >= 11 is 3.52. The fourth-order valence-corrected chi connectivity index (χ4v) is 2.18. The van der Waals surface area contributed by atoms with E-state index in [0.717, 1.165) is 21.2 Å². The Morgan fingerprint density at radius 2 is 2.12 bits per heavy atom. The Labute approximate surface area is 109 Å². The minimum Gasteiger partial charge on any atom is -0.481 e. The van der Waals surface area contributed by atoms with Crippen LogP contribution in [0.2, 0.25) is 0 Å². The van der Waals surface area contributed by atoms with Gasteiger partial charge in [-0.3, -0.25) is 0 Å². The zero-order chi connectivity index (χ0) is 12.3. The average Bonchev–Trinajstić information content (AvgIpc) is 2.38. The van der Waals surface area contributed by atoms with Crippen LogP contribution in [0.5, 0.6) is 5.88 Å². The highest BCUT2D eigenvalue weighted by Gasteiger charge is 2.07. The lowest BCUT2D eigenvalue weighted by molar-refractivity contribution is 0.393. The van der Waals surface area contributed by atoms with Gasteiger partial charge in [-0.15, -0.1) is 0 Å². The van der Waals surface area contributed by atoms with E-state index in [1.807, 2.05) is 30.3 Å². The van der Waals surface area contributed by atoms with Crippen molar-refractivity contribution < 1.29 is 4.74 Å². The first kappa shape index (κ1) is 12.1. The highest BCUT2D eigenvalue weighted by atomic mass is 79.9. The third kappa shape index (κ3) is 2.48. The summed E-state index contributed by atoms with van der Waals surface area (Å²) in [5.41, 5.74) is 8.70. The van der Waals surface area contributed by atoms with Crippen molar-refractivity contribution in [1.82, 2.24) is 4.98 Å². The van der Waals surface area contributed by atoms with Crippen molar-refractivity contribution in [1.29, 1.82) is 0 Å². The number of halogens is 1. The molecule has 0 amide bonds. The van der Waals surface area contributed by atoms with E-state index in [0.29, 0.717) is 12.4 Å². The van der Waals surface area contributed by atoms with Crippen molar-refractivity contribution in [3.63, 3.8) is 0 Å². The monoisotopic (exact) mass is 292 g/mol. The van der Waals surface area contributed by atoms with Gasteiger partial charge in [0, 0.05) is 28.3 Å². The zero-order valence-electron chi connectivity index (χ0n) is 9.48. The van der Waals surface area contributed by atoms with E-state index >= 15 is 0 Å².